The number of nitrogens with zero attached hydrogens (tertiary/aromatic N) is 3. The molecular formula is C28H34N4O2. The molecule has 1 amide bonds. The second-order valence-corrected chi connectivity index (χ2v) is 8.95. The second kappa shape index (κ2) is 11.8. The third-order valence-electron chi connectivity index (χ3n) is 6.28. The van der Waals surface area contributed by atoms with Crippen molar-refractivity contribution in [3.8, 4) is 16.9 Å². The summed E-state index contributed by atoms with van der Waals surface area (Å²) in [4.78, 5) is 21.6. The van der Waals surface area contributed by atoms with Crippen LogP contribution in [-0.2, 0) is 17.8 Å². The van der Waals surface area contributed by atoms with Crippen molar-refractivity contribution in [2.75, 3.05) is 46.4 Å². The number of pyridine rings is 1. The molecule has 0 bridgehead atoms. The normalized spacial score (nSPS) is 14.6. The van der Waals surface area contributed by atoms with Gasteiger partial charge in [-0.2, -0.15) is 0 Å². The van der Waals surface area contributed by atoms with Gasteiger partial charge in [-0.1, -0.05) is 42.5 Å². The monoisotopic (exact) mass is 458 g/mol. The standard InChI is InChI=1S/C28H34N4O2/c1-22-18-26(34-17-16-32-14-12-31(2)13-15-32)10-11-27(22)24-8-9-25(29-21-24)19-28(33)30-20-23-6-4-3-5-7-23/h3-11,18,21H,12-17,19-20H2,1-2H3,(H,30,33). The molecule has 6 nitrogen and oxygen atoms in total. The van der Waals surface area contributed by atoms with E-state index in [4.69, 9.17) is 4.74 Å². The number of amides is 1. The summed E-state index contributed by atoms with van der Waals surface area (Å²) in [6.45, 7) is 8.74. The topological polar surface area (TPSA) is 57.7 Å². The summed E-state index contributed by atoms with van der Waals surface area (Å²) in [6.07, 6.45) is 2.11. The fourth-order valence-corrected chi connectivity index (χ4v) is 4.13. The van der Waals surface area contributed by atoms with Crippen molar-refractivity contribution >= 4 is 5.91 Å². The molecule has 0 radical (unpaired) electrons. The molecule has 0 spiro atoms. The van der Waals surface area contributed by atoms with E-state index in [1.807, 2.05) is 54.7 Å². The fraction of sp³-hybridized carbons (Fsp3) is 0.357. The minimum Gasteiger partial charge on any atom is -0.492 e. The van der Waals surface area contributed by atoms with E-state index in [9.17, 15) is 4.79 Å². The van der Waals surface area contributed by atoms with Crippen LogP contribution in [0.3, 0.4) is 0 Å². The number of hydrogen-bond donors (Lipinski definition) is 1. The molecule has 1 aliphatic rings. The summed E-state index contributed by atoms with van der Waals surface area (Å²) in [5.74, 6) is 0.869. The van der Waals surface area contributed by atoms with Crippen LogP contribution in [-0.4, -0.2) is 67.1 Å². The average molecular weight is 459 g/mol. The van der Waals surface area contributed by atoms with Crippen molar-refractivity contribution in [2.45, 2.75) is 19.9 Å². The molecule has 178 valence electrons. The Balaban J connectivity index is 1.26. The first-order valence-corrected chi connectivity index (χ1v) is 12.0. The Kier molecular flexibility index (Phi) is 8.28. The van der Waals surface area contributed by atoms with E-state index in [2.05, 4.69) is 46.2 Å². The molecule has 1 saturated heterocycles. The summed E-state index contributed by atoms with van der Waals surface area (Å²) in [5.41, 5.74) is 5.15. The number of aromatic nitrogens is 1. The predicted molar refractivity (Wildman–Crippen MR) is 136 cm³/mol. The zero-order chi connectivity index (χ0) is 23.8. The Bertz CT molecular complexity index is 1060. The summed E-state index contributed by atoms with van der Waals surface area (Å²) in [7, 11) is 2.17. The molecular weight excluding hydrogens is 424 g/mol. The Morgan fingerprint density at radius 3 is 2.53 bits per heavy atom. The lowest BCUT2D eigenvalue weighted by Gasteiger charge is -2.32. The van der Waals surface area contributed by atoms with Crippen molar-refractivity contribution in [3.05, 3.63) is 83.7 Å². The Hall–Kier alpha value is -3.22. The van der Waals surface area contributed by atoms with Crippen LogP contribution in [0.1, 0.15) is 16.8 Å². The number of likely N-dealkylation sites (N-methyl/N-ethyl adjacent to an activating group) is 1. The number of rotatable bonds is 9. The minimum atomic E-state index is -0.0293. The Morgan fingerprint density at radius 2 is 1.82 bits per heavy atom. The maximum Gasteiger partial charge on any atom is 0.226 e. The molecule has 0 aliphatic carbocycles. The number of ether oxygens (including phenoxy) is 1. The van der Waals surface area contributed by atoms with E-state index in [-0.39, 0.29) is 12.3 Å². The zero-order valence-corrected chi connectivity index (χ0v) is 20.2. The first-order chi connectivity index (χ1) is 16.6. The van der Waals surface area contributed by atoms with Gasteiger partial charge in [0.05, 0.1) is 6.42 Å². The maximum atomic E-state index is 12.3. The number of nitrogens with one attached hydrogen (secondary N) is 1. The van der Waals surface area contributed by atoms with Gasteiger partial charge < -0.3 is 15.0 Å². The van der Waals surface area contributed by atoms with E-state index in [0.717, 1.165) is 66.4 Å². The van der Waals surface area contributed by atoms with Crippen LogP contribution >= 0.6 is 0 Å². The molecule has 0 unspecified atom stereocenters. The lowest BCUT2D eigenvalue weighted by atomic mass is 10.0. The molecule has 2 aromatic carbocycles. The molecule has 0 atom stereocenters. The van der Waals surface area contributed by atoms with Crippen LogP contribution in [0.5, 0.6) is 5.75 Å². The molecule has 3 aromatic rings. The summed E-state index contributed by atoms with van der Waals surface area (Å²) >= 11 is 0. The predicted octanol–water partition coefficient (Wildman–Crippen LogP) is 3.54. The molecule has 1 aliphatic heterocycles. The van der Waals surface area contributed by atoms with Gasteiger partial charge in [0.1, 0.15) is 12.4 Å². The third-order valence-corrected chi connectivity index (χ3v) is 6.28. The van der Waals surface area contributed by atoms with Gasteiger partial charge in [0.2, 0.25) is 5.91 Å². The van der Waals surface area contributed by atoms with Gasteiger partial charge in [0.15, 0.2) is 0 Å². The first kappa shape index (κ1) is 23.9. The van der Waals surface area contributed by atoms with E-state index in [1.165, 1.54) is 0 Å². The molecule has 1 aromatic heterocycles. The number of carbonyl (C=O) groups is 1. The largest absolute Gasteiger partial charge is 0.492 e. The zero-order valence-electron chi connectivity index (χ0n) is 20.2. The molecule has 34 heavy (non-hydrogen) atoms. The lowest BCUT2D eigenvalue weighted by molar-refractivity contribution is -0.120. The summed E-state index contributed by atoms with van der Waals surface area (Å²) < 4.78 is 6.01. The van der Waals surface area contributed by atoms with Gasteiger partial charge in [-0.3, -0.25) is 14.7 Å². The fourth-order valence-electron chi connectivity index (χ4n) is 4.13. The Labute approximate surface area is 202 Å². The minimum absolute atomic E-state index is 0.0293. The summed E-state index contributed by atoms with van der Waals surface area (Å²) in [6, 6.07) is 20.1. The molecule has 2 heterocycles. The van der Waals surface area contributed by atoms with Crippen molar-refractivity contribution in [2.24, 2.45) is 0 Å². The van der Waals surface area contributed by atoms with Crippen LogP contribution in [0.25, 0.3) is 11.1 Å². The first-order valence-electron chi connectivity index (χ1n) is 12.0. The van der Waals surface area contributed by atoms with Gasteiger partial charge in [0, 0.05) is 56.7 Å². The van der Waals surface area contributed by atoms with E-state index >= 15 is 0 Å². The number of benzene rings is 2. The van der Waals surface area contributed by atoms with Gasteiger partial charge in [-0.25, -0.2) is 0 Å². The molecule has 6 heteroatoms. The number of piperazine rings is 1. The number of carbonyl (C=O) groups excluding carboxylic acids is 1. The van der Waals surface area contributed by atoms with Crippen LogP contribution in [0, 0.1) is 6.92 Å². The second-order valence-electron chi connectivity index (χ2n) is 8.95. The van der Waals surface area contributed by atoms with Gasteiger partial charge in [-0.15, -0.1) is 0 Å². The molecule has 1 fully saturated rings. The quantitative estimate of drug-likeness (QED) is 0.532. The van der Waals surface area contributed by atoms with Gasteiger partial charge in [0.25, 0.3) is 0 Å². The van der Waals surface area contributed by atoms with Crippen LogP contribution in [0.4, 0.5) is 0 Å². The van der Waals surface area contributed by atoms with Crippen LogP contribution < -0.4 is 10.1 Å². The van der Waals surface area contributed by atoms with Crippen LogP contribution in [0.15, 0.2) is 66.9 Å². The molecule has 4 rings (SSSR count). The average Bonchev–Trinajstić information content (AvgIpc) is 2.85. The van der Waals surface area contributed by atoms with Gasteiger partial charge in [-0.05, 0) is 48.9 Å². The van der Waals surface area contributed by atoms with Crippen molar-refractivity contribution in [1.82, 2.24) is 20.1 Å². The molecule has 1 N–H and O–H groups in total. The highest BCUT2D eigenvalue weighted by atomic mass is 16.5. The SMILES string of the molecule is Cc1cc(OCCN2CCN(C)CC2)ccc1-c1ccc(CC(=O)NCc2ccccc2)nc1. The van der Waals surface area contributed by atoms with Gasteiger partial charge >= 0.3 is 0 Å². The number of hydrogen-bond acceptors (Lipinski definition) is 5. The van der Waals surface area contributed by atoms with E-state index < -0.39 is 0 Å². The number of aryl methyl sites for hydroxylation is 1. The van der Waals surface area contributed by atoms with Crippen LogP contribution in [0.2, 0.25) is 0 Å². The smallest absolute Gasteiger partial charge is 0.226 e. The maximum absolute atomic E-state index is 12.3. The highest BCUT2D eigenvalue weighted by Gasteiger charge is 2.13. The summed E-state index contributed by atoms with van der Waals surface area (Å²) in [5, 5.41) is 2.95. The van der Waals surface area contributed by atoms with Crippen molar-refractivity contribution in [1.29, 1.82) is 0 Å². The highest BCUT2D eigenvalue weighted by molar-refractivity contribution is 5.78. The highest BCUT2D eigenvalue weighted by Crippen LogP contribution is 2.26. The van der Waals surface area contributed by atoms with Crippen molar-refractivity contribution in [3.63, 3.8) is 0 Å². The van der Waals surface area contributed by atoms with Crippen molar-refractivity contribution < 1.29 is 9.53 Å². The Morgan fingerprint density at radius 1 is 1.03 bits per heavy atom. The van der Waals surface area contributed by atoms with E-state index in [1.54, 1.807) is 0 Å². The lowest BCUT2D eigenvalue weighted by Crippen LogP contribution is -2.45. The third kappa shape index (κ3) is 6.89. The van der Waals surface area contributed by atoms with E-state index in [0.29, 0.717) is 13.2 Å². The molecule has 0 saturated carbocycles.